The van der Waals surface area contributed by atoms with Crippen molar-refractivity contribution in [3.63, 3.8) is 0 Å². The molecule has 4 rings (SSSR count). The van der Waals surface area contributed by atoms with Crippen LogP contribution in [0.3, 0.4) is 0 Å². The number of carbonyl (C=O) groups excluding carboxylic acids is 3. The van der Waals surface area contributed by atoms with Crippen molar-refractivity contribution in [1.29, 1.82) is 0 Å². The second-order valence-electron chi connectivity index (χ2n) is 10.4. The molecule has 9 heteroatoms. The highest BCUT2D eigenvalue weighted by Gasteiger charge is 2.75. The number of amides is 2. The fourth-order valence-electron chi connectivity index (χ4n) is 6.40. The van der Waals surface area contributed by atoms with E-state index < -0.39 is 41.6 Å². The third-order valence-electron chi connectivity index (χ3n) is 8.38. The molecule has 3 aliphatic rings. The molecule has 1 spiro atoms. The lowest BCUT2D eigenvalue weighted by atomic mass is 9.70. The highest BCUT2D eigenvalue weighted by molar-refractivity contribution is 6.34. The Kier molecular flexibility index (Phi) is 8.65. The monoisotopic (exact) mass is 544 g/mol. The Balaban J connectivity index is 1.81. The summed E-state index contributed by atoms with van der Waals surface area (Å²) in [5.41, 5.74) is -0.717. The van der Waals surface area contributed by atoms with Gasteiger partial charge in [-0.25, -0.2) is 0 Å². The number of ether oxygens (including phenoxy) is 2. The topological polar surface area (TPSA) is 96.4 Å². The third-order valence-corrected chi connectivity index (χ3v) is 8.70. The van der Waals surface area contributed by atoms with Crippen LogP contribution in [0.15, 0.2) is 49.6 Å². The second kappa shape index (κ2) is 11.6. The van der Waals surface area contributed by atoms with Gasteiger partial charge in [0.1, 0.15) is 11.6 Å². The fourth-order valence-corrected chi connectivity index (χ4v) is 6.64. The largest absolute Gasteiger partial charge is 0.465 e. The Hall–Kier alpha value is -2.68. The Morgan fingerprint density at radius 3 is 2.71 bits per heavy atom. The molecule has 0 radical (unpaired) electrons. The Labute approximate surface area is 229 Å². The van der Waals surface area contributed by atoms with Crippen LogP contribution in [0.1, 0.15) is 39.5 Å². The normalized spacial score (nSPS) is 29.1. The molecule has 206 valence electrons. The smallest absolute Gasteiger partial charge is 0.312 e. The van der Waals surface area contributed by atoms with Gasteiger partial charge in [0.05, 0.1) is 47.9 Å². The number of anilines is 1. The summed E-state index contributed by atoms with van der Waals surface area (Å²) < 4.78 is 12.0. The van der Waals surface area contributed by atoms with Crippen LogP contribution in [0.2, 0.25) is 5.02 Å². The molecule has 3 fully saturated rings. The van der Waals surface area contributed by atoms with Crippen molar-refractivity contribution in [2.45, 2.75) is 63.3 Å². The predicted molar refractivity (Wildman–Crippen MR) is 145 cm³/mol. The van der Waals surface area contributed by atoms with E-state index >= 15 is 0 Å². The molecule has 1 aromatic carbocycles. The molecule has 38 heavy (non-hydrogen) atoms. The van der Waals surface area contributed by atoms with Gasteiger partial charge < -0.3 is 24.4 Å². The molecule has 7 atom stereocenters. The van der Waals surface area contributed by atoms with Gasteiger partial charge in [0.15, 0.2) is 0 Å². The quantitative estimate of drug-likeness (QED) is 0.244. The van der Waals surface area contributed by atoms with Crippen LogP contribution >= 0.6 is 11.6 Å². The van der Waals surface area contributed by atoms with Gasteiger partial charge in [0.25, 0.3) is 5.91 Å². The average molecular weight is 545 g/mol. The van der Waals surface area contributed by atoms with E-state index in [2.05, 4.69) is 13.2 Å². The number of carbonyl (C=O) groups is 3. The molecular weight excluding hydrogens is 508 g/mol. The lowest BCUT2D eigenvalue weighted by Crippen LogP contribution is -2.60. The molecule has 0 aromatic heterocycles. The van der Waals surface area contributed by atoms with E-state index in [0.717, 1.165) is 0 Å². The minimum Gasteiger partial charge on any atom is -0.465 e. The summed E-state index contributed by atoms with van der Waals surface area (Å²) in [7, 11) is 0. The maximum absolute atomic E-state index is 14.5. The van der Waals surface area contributed by atoms with Gasteiger partial charge >= 0.3 is 5.97 Å². The average Bonchev–Trinajstić information content (AvgIpc) is 3.55. The first kappa shape index (κ1) is 28.3. The minimum absolute atomic E-state index is 0.0992. The van der Waals surface area contributed by atoms with E-state index in [0.29, 0.717) is 36.4 Å². The van der Waals surface area contributed by atoms with Gasteiger partial charge in [0, 0.05) is 6.54 Å². The number of likely N-dealkylation sites (tertiary alicyclic amines) is 1. The lowest BCUT2D eigenvalue weighted by Gasteiger charge is -2.41. The molecule has 2 bridgehead atoms. The molecule has 2 amide bonds. The van der Waals surface area contributed by atoms with Crippen LogP contribution in [0.25, 0.3) is 0 Å². The van der Waals surface area contributed by atoms with Crippen LogP contribution in [-0.4, -0.2) is 71.3 Å². The highest BCUT2D eigenvalue weighted by atomic mass is 35.5. The lowest BCUT2D eigenvalue weighted by molar-refractivity contribution is -0.156. The van der Waals surface area contributed by atoms with Crippen molar-refractivity contribution in [3.05, 3.63) is 54.6 Å². The molecule has 3 aliphatic heterocycles. The van der Waals surface area contributed by atoms with Crippen LogP contribution in [0.5, 0.6) is 0 Å². The van der Waals surface area contributed by atoms with E-state index in [1.165, 1.54) is 9.80 Å². The number of esters is 1. The number of fused-ring (bicyclic) bond motifs is 1. The highest BCUT2D eigenvalue weighted by Crippen LogP contribution is 2.59. The van der Waals surface area contributed by atoms with Crippen LogP contribution in [0.4, 0.5) is 5.69 Å². The fraction of sp³-hybridized carbons (Fsp3) is 0.552. The SMILES string of the molecule is C=CCCOC(=O)[C@@H]1[C@@H]2CCC3(O2)C(C(=O)N(CC=C)c2ccccc2Cl)N([C@@H](CO)[C@@H](C)CC)C(=O)[C@H]13. The van der Waals surface area contributed by atoms with Gasteiger partial charge in [-0.3, -0.25) is 14.4 Å². The zero-order valence-corrected chi connectivity index (χ0v) is 22.8. The number of hydrogen-bond donors (Lipinski definition) is 1. The summed E-state index contributed by atoms with van der Waals surface area (Å²) in [6, 6.07) is 5.33. The van der Waals surface area contributed by atoms with E-state index in [1.807, 2.05) is 13.8 Å². The van der Waals surface area contributed by atoms with Crippen LogP contribution in [-0.2, 0) is 23.9 Å². The molecule has 0 saturated carbocycles. The standard InChI is InChI=1S/C29H37ClN2O6/c1-5-8-16-37-28(36)23-22-13-14-29(38-22)24(23)26(34)32(21(17-33)18(4)7-3)25(29)27(35)31(15-6-2)20-12-10-9-11-19(20)30/h5-6,9-12,18,21-25,33H,1-2,7-8,13-17H2,3-4H3/t18-,21-,22-,23+,24-,25?,29?/m0/s1. The van der Waals surface area contributed by atoms with E-state index in [9.17, 15) is 19.5 Å². The zero-order chi connectivity index (χ0) is 27.6. The number of nitrogens with zero attached hydrogens (tertiary/aromatic N) is 2. The van der Waals surface area contributed by atoms with E-state index in [1.54, 1.807) is 36.4 Å². The number of halogens is 1. The summed E-state index contributed by atoms with van der Waals surface area (Å²) in [5.74, 6) is -3.02. The number of aliphatic hydroxyl groups excluding tert-OH is 1. The molecule has 1 N–H and O–H groups in total. The first-order valence-corrected chi connectivity index (χ1v) is 13.7. The summed E-state index contributed by atoms with van der Waals surface area (Å²) in [6.45, 7) is 11.4. The van der Waals surface area contributed by atoms with Gasteiger partial charge in [-0.15, -0.1) is 13.2 Å². The first-order chi connectivity index (χ1) is 18.3. The van der Waals surface area contributed by atoms with Crippen molar-refractivity contribution in [3.8, 4) is 0 Å². The first-order valence-electron chi connectivity index (χ1n) is 13.3. The number of rotatable bonds is 12. The molecule has 8 nitrogen and oxygen atoms in total. The molecule has 1 aromatic rings. The maximum Gasteiger partial charge on any atom is 0.312 e. The van der Waals surface area contributed by atoms with E-state index in [-0.39, 0.29) is 37.5 Å². The van der Waals surface area contributed by atoms with Gasteiger partial charge in [-0.2, -0.15) is 0 Å². The summed E-state index contributed by atoms with van der Waals surface area (Å²) >= 11 is 6.50. The minimum atomic E-state index is -1.21. The Morgan fingerprint density at radius 2 is 2.08 bits per heavy atom. The van der Waals surface area contributed by atoms with Crippen molar-refractivity contribution in [2.75, 3.05) is 24.7 Å². The Bertz CT molecular complexity index is 1090. The van der Waals surface area contributed by atoms with Gasteiger partial charge in [0.2, 0.25) is 5.91 Å². The maximum atomic E-state index is 14.5. The number of benzene rings is 1. The van der Waals surface area contributed by atoms with Crippen molar-refractivity contribution < 1.29 is 29.0 Å². The summed E-state index contributed by atoms with van der Waals surface area (Å²) in [4.78, 5) is 45.0. The van der Waals surface area contributed by atoms with Crippen molar-refractivity contribution >= 4 is 35.1 Å². The van der Waals surface area contributed by atoms with E-state index in [4.69, 9.17) is 21.1 Å². The van der Waals surface area contributed by atoms with Gasteiger partial charge in [-0.05, 0) is 37.3 Å². The molecule has 2 unspecified atom stereocenters. The number of aliphatic hydroxyl groups is 1. The van der Waals surface area contributed by atoms with Crippen LogP contribution < -0.4 is 4.90 Å². The van der Waals surface area contributed by atoms with Crippen molar-refractivity contribution in [2.24, 2.45) is 17.8 Å². The summed E-state index contributed by atoms with van der Waals surface area (Å²) in [6.07, 6.45) is 4.90. The predicted octanol–water partition coefficient (Wildman–Crippen LogP) is 3.76. The second-order valence-corrected chi connectivity index (χ2v) is 10.8. The molecule has 3 saturated heterocycles. The third kappa shape index (κ3) is 4.56. The zero-order valence-electron chi connectivity index (χ0n) is 22.1. The molecule has 0 aliphatic carbocycles. The molecule has 3 heterocycles. The van der Waals surface area contributed by atoms with Crippen LogP contribution in [0, 0.1) is 17.8 Å². The van der Waals surface area contributed by atoms with Gasteiger partial charge in [-0.1, -0.05) is 56.2 Å². The Morgan fingerprint density at radius 1 is 1.34 bits per heavy atom. The number of hydrogen-bond acceptors (Lipinski definition) is 6. The van der Waals surface area contributed by atoms with Crippen molar-refractivity contribution in [1.82, 2.24) is 4.90 Å². The summed E-state index contributed by atoms with van der Waals surface area (Å²) in [5, 5.41) is 10.8. The molecular formula is C29H37ClN2O6. The number of para-hydroxylation sites is 1.